The molecule has 0 bridgehead atoms. The number of benzene rings is 1. The molecule has 0 saturated heterocycles. The van der Waals surface area contributed by atoms with Crippen LogP contribution in [0.1, 0.15) is 12.8 Å². The number of sulfonamides is 1. The van der Waals surface area contributed by atoms with Gasteiger partial charge in [-0.1, -0.05) is 12.1 Å². The van der Waals surface area contributed by atoms with E-state index in [0.29, 0.717) is 12.5 Å². The molecule has 1 saturated carbocycles. The van der Waals surface area contributed by atoms with Crippen LogP contribution in [0.4, 0.5) is 0 Å². The van der Waals surface area contributed by atoms with Crippen LogP contribution in [-0.2, 0) is 19.1 Å². The van der Waals surface area contributed by atoms with Crippen LogP contribution in [0.15, 0.2) is 34.1 Å². The van der Waals surface area contributed by atoms with Crippen molar-refractivity contribution in [3.05, 3.63) is 24.3 Å². The predicted octanol–water partition coefficient (Wildman–Crippen LogP) is 1.64. The Bertz CT molecular complexity index is 680. The van der Waals surface area contributed by atoms with Gasteiger partial charge in [-0.25, -0.2) is 21.1 Å². The summed E-state index contributed by atoms with van der Waals surface area (Å²) in [6.07, 6.45) is 2.02. The largest absolute Gasteiger partial charge is 0.262 e. The van der Waals surface area contributed by atoms with E-state index in [-0.39, 0.29) is 9.79 Å². The Labute approximate surface area is 117 Å². The minimum Gasteiger partial charge on any atom is -0.207 e. The number of rotatable bonds is 5. The number of hydrogen-bond acceptors (Lipinski definition) is 4. The van der Waals surface area contributed by atoms with Crippen molar-refractivity contribution in [1.82, 2.24) is 4.31 Å². The molecule has 2 rings (SSSR count). The van der Waals surface area contributed by atoms with Crippen LogP contribution in [0.25, 0.3) is 0 Å². The second-order valence-corrected chi connectivity index (χ2v) is 9.16. The summed E-state index contributed by atoms with van der Waals surface area (Å²) in [5.41, 5.74) is 0. The van der Waals surface area contributed by atoms with Gasteiger partial charge in [-0.3, -0.25) is 0 Å². The molecule has 1 aromatic carbocycles. The van der Waals surface area contributed by atoms with Crippen molar-refractivity contribution in [2.45, 2.75) is 22.6 Å². The summed E-state index contributed by atoms with van der Waals surface area (Å²) in [5, 5.41) is 0. The molecule has 1 fully saturated rings. The van der Waals surface area contributed by atoms with Crippen LogP contribution in [0.5, 0.6) is 0 Å². The summed E-state index contributed by atoms with van der Waals surface area (Å²) in [6, 6.07) is 5.37. The van der Waals surface area contributed by atoms with Gasteiger partial charge in [-0.15, -0.1) is 0 Å². The van der Waals surface area contributed by atoms with Crippen molar-refractivity contribution in [2.75, 3.05) is 13.6 Å². The number of hydrogen-bond donors (Lipinski definition) is 0. The highest BCUT2D eigenvalue weighted by molar-refractivity contribution is 8.14. The van der Waals surface area contributed by atoms with Gasteiger partial charge in [-0.2, -0.15) is 0 Å². The second kappa shape index (κ2) is 5.05. The predicted molar refractivity (Wildman–Crippen MR) is 72.0 cm³/mol. The number of nitrogens with zero attached hydrogens (tertiary/aromatic N) is 1. The van der Waals surface area contributed by atoms with Crippen molar-refractivity contribution in [1.29, 1.82) is 0 Å². The van der Waals surface area contributed by atoms with Gasteiger partial charge >= 0.3 is 0 Å². The third-order valence-corrected chi connectivity index (χ3v) is 6.40. The van der Waals surface area contributed by atoms with E-state index in [1.54, 1.807) is 0 Å². The van der Waals surface area contributed by atoms with Gasteiger partial charge in [0.1, 0.15) is 9.79 Å². The highest BCUT2D eigenvalue weighted by Gasteiger charge is 2.32. The third kappa shape index (κ3) is 3.28. The molecule has 0 atom stereocenters. The average molecular weight is 324 g/mol. The van der Waals surface area contributed by atoms with E-state index in [4.69, 9.17) is 10.7 Å². The Hall–Kier alpha value is -0.630. The van der Waals surface area contributed by atoms with Crippen LogP contribution in [0.3, 0.4) is 0 Å². The van der Waals surface area contributed by atoms with Gasteiger partial charge in [-0.05, 0) is 30.9 Å². The molecular weight excluding hydrogens is 310 g/mol. The van der Waals surface area contributed by atoms with E-state index in [1.165, 1.54) is 35.6 Å². The first kappa shape index (κ1) is 14.8. The van der Waals surface area contributed by atoms with Crippen LogP contribution in [0.2, 0.25) is 0 Å². The van der Waals surface area contributed by atoms with Gasteiger partial charge in [0.05, 0.1) is 0 Å². The van der Waals surface area contributed by atoms with Gasteiger partial charge in [0.15, 0.2) is 0 Å². The van der Waals surface area contributed by atoms with Crippen molar-refractivity contribution in [2.24, 2.45) is 5.92 Å². The first-order valence-electron chi connectivity index (χ1n) is 5.73. The second-order valence-electron chi connectivity index (χ2n) is 4.61. The fraction of sp³-hybridized carbons (Fsp3) is 0.455. The molecule has 0 aromatic heterocycles. The molecule has 0 radical (unpaired) electrons. The van der Waals surface area contributed by atoms with Crippen molar-refractivity contribution >= 4 is 29.8 Å². The molecule has 1 aliphatic rings. The van der Waals surface area contributed by atoms with Crippen molar-refractivity contribution in [3.63, 3.8) is 0 Å². The molecule has 8 heteroatoms. The van der Waals surface area contributed by atoms with Crippen LogP contribution >= 0.6 is 10.7 Å². The molecule has 0 unspecified atom stereocenters. The zero-order chi connectivity index (χ0) is 14.3. The Morgan fingerprint density at radius 1 is 1.16 bits per heavy atom. The molecular formula is C11H14ClNO4S2. The summed E-state index contributed by atoms with van der Waals surface area (Å²) >= 11 is 0. The fourth-order valence-corrected chi connectivity index (χ4v) is 4.85. The lowest BCUT2D eigenvalue weighted by atomic mass is 10.4. The Morgan fingerprint density at radius 2 is 1.68 bits per heavy atom. The highest BCUT2D eigenvalue weighted by atomic mass is 35.7. The average Bonchev–Trinajstić information content (AvgIpc) is 3.11. The monoisotopic (exact) mass is 323 g/mol. The van der Waals surface area contributed by atoms with E-state index < -0.39 is 19.1 Å². The van der Waals surface area contributed by atoms with Gasteiger partial charge in [0.25, 0.3) is 9.05 Å². The van der Waals surface area contributed by atoms with E-state index >= 15 is 0 Å². The van der Waals surface area contributed by atoms with E-state index in [0.717, 1.165) is 12.8 Å². The summed E-state index contributed by atoms with van der Waals surface area (Å²) in [6.45, 7) is 0.402. The van der Waals surface area contributed by atoms with Gasteiger partial charge in [0.2, 0.25) is 10.0 Å². The molecule has 0 amide bonds. The Morgan fingerprint density at radius 3 is 2.16 bits per heavy atom. The van der Waals surface area contributed by atoms with Crippen LogP contribution in [-0.4, -0.2) is 34.7 Å². The molecule has 1 aromatic rings. The molecule has 1 aliphatic carbocycles. The smallest absolute Gasteiger partial charge is 0.207 e. The maximum Gasteiger partial charge on any atom is 0.262 e. The zero-order valence-electron chi connectivity index (χ0n) is 10.3. The van der Waals surface area contributed by atoms with Crippen LogP contribution < -0.4 is 0 Å². The van der Waals surface area contributed by atoms with E-state index in [2.05, 4.69) is 0 Å². The third-order valence-electron chi connectivity index (χ3n) is 3.01. The molecule has 0 heterocycles. The lowest BCUT2D eigenvalue weighted by Gasteiger charge is -2.18. The van der Waals surface area contributed by atoms with Crippen molar-refractivity contribution in [3.8, 4) is 0 Å². The summed E-state index contributed by atoms with van der Waals surface area (Å²) in [7, 11) is -1.20. The van der Waals surface area contributed by atoms with Crippen molar-refractivity contribution < 1.29 is 16.8 Å². The number of halogens is 1. The molecule has 19 heavy (non-hydrogen) atoms. The minimum absolute atomic E-state index is 0.270. The SMILES string of the molecule is CN(CC1CC1)S(=O)(=O)c1ccccc1S(=O)(=O)Cl. The quantitative estimate of drug-likeness (QED) is 0.772. The summed E-state index contributed by atoms with van der Waals surface area (Å²) < 4.78 is 48.8. The topological polar surface area (TPSA) is 71.5 Å². The molecule has 0 aliphatic heterocycles. The lowest BCUT2D eigenvalue weighted by Crippen LogP contribution is -2.29. The molecule has 5 nitrogen and oxygen atoms in total. The zero-order valence-corrected chi connectivity index (χ0v) is 12.7. The van der Waals surface area contributed by atoms with E-state index in [9.17, 15) is 16.8 Å². The minimum atomic E-state index is -4.10. The Kier molecular flexibility index (Phi) is 3.92. The van der Waals surface area contributed by atoms with Gasteiger partial charge in [0, 0.05) is 24.3 Å². The molecule has 0 N–H and O–H groups in total. The maximum atomic E-state index is 12.4. The van der Waals surface area contributed by atoms with Gasteiger partial charge < -0.3 is 0 Å². The van der Waals surface area contributed by atoms with E-state index in [1.807, 2.05) is 0 Å². The summed E-state index contributed by atoms with van der Waals surface area (Å²) in [5.74, 6) is 0.375. The molecule has 0 spiro atoms. The lowest BCUT2D eigenvalue weighted by molar-refractivity contribution is 0.451. The summed E-state index contributed by atoms with van der Waals surface area (Å²) in [4.78, 5) is -0.646. The standard InChI is InChI=1S/C11H14ClNO4S2/c1-13(8-9-6-7-9)19(16,17)11-5-3-2-4-10(11)18(12,14)15/h2-5,9H,6-8H2,1H3. The first-order valence-corrected chi connectivity index (χ1v) is 9.48. The maximum absolute atomic E-state index is 12.4. The van der Waals surface area contributed by atoms with Crippen LogP contribution in [0, 0.1) is 5.92 Å². The fourth-order valence-electron chi connectivity index (χ4n) is 1.79. The highest BCUT2D eigenvalue weighted by Crippen LogP contribution is 2.32. The molecule has 106 valence electrons. The Balaban J connectivity index is 2.45. The first-order chi connectivity index (χ1) is 8.73. The normalized spacial score (nSPS) is 16.8.